The van der Waals surface area contributed by atoms with E-state index in [4.69, 9.17) is 11.6 Å². The lowest BCUT2D eigenvalue weighted by Crippen LogP contribution is -2.19. The second-order valence-electron chi connectivity index (χ2n) is 5.06. The van der Waals surface area contributed by atoms with Gasteiger partial charge in [0.05, 0.1) is 0 Å². The molecule has 1 N–H and O–H groups in total. The van der Waals surface area contributed by atoms with E-state index in [0.717, 1.165) is 17.0 Å². The molecule has 0 bridgehead atoms. The number of aryl methyl sites for hydroxylation is 2. The minimum atomic E-state index is 0.245. The zero-order valence-corrected chi connectivity index (χ0v) is 12.5. The van der Waals surface area contributed by atoms with Crippen molar-refractivity contribution in [2.45, 2.75) is 26.3 Å². The fourth-order valence-electron chi connectivity index (χ4n) is 2.36. The Morgan fingerprint density at radius 2 is 1.79 bits per heavy atom. The van der Waals surface area contributed by atoms with E-state index in [2.05, 4.69) is 55.6 Å². The van der Waals surface area contributed by atoms with Crippen LogP contribution in [0.5, 0.6) is 0 Å². The van der Waals surface area contributed by atoms with Crippen LogP contribution in [0.3, 0.4) is 0 Å². The molecular formula is C17H20ClN. The molecule has 2 aromatic rings. The van der Waals surface area contributed by atoms with Crippen LogP contribution in [-0.4, -0.2) is 7.05 Å². The van der Waals surface area contributed by atoms with Gasteiger partial charge in [-0.2, -0.15) is 0 Å². The van der Waals surface area contributed by atoms with Gasteiger partial charge in [-0.05, 0) is 50.1 Å². The molecule has 0 fully saturated rings. The normalized spacial score (nSPS) is 12.4. The second-order valence-corrected chi connectivity index (χ2v) is 5.47. The summed E-state index contributed by atoms with van der Waals surface area (Å²) >= 11 is 6.36. The van der Waals surface area contributed by atoms with E-state index in [1.165, 1.54) is 16.7 Å². The molecule has 0 radical (unpaired) electrons. The highest BCUT2D eigenvalue weighted by Gasteiger charge is 2.13. The van der Waals surface area contributed by atoms with Crippen molar-refractivity contribution in [1.82, 2.24) is 5.32 Å². The Bertz CT molecular complexity index is 563. The molecule has 2 heteroatoms. The number of hydrogen-bond acceptors (Lipinski definition) is 1. The largest absolute Gasteiger partial charge is 0.313 e. The summed E-state index contributed by atoms with van der Waals surface area (Å²) in [6.45, 7) is 4.18. The van der Waals surface area contributed by atoms with Crippen molar-refractivity contribution in [3.63, 3.8) is 0 Å². The van der Waals surface area contributed by atoms with Crippen molar-refractivity contribution in [3.05, 3.63) is 69.7 Å². The van der Waals surface area contributed by atoms with Crippen LogP contribution < -0.4 is 5.32 Å². The Morgan fingerprint density at radius 1 is 1.05 bits per heavy atom. The molecule has 0 saturated heterocycles. The van der Waals surface area contributed by atoms with E-state index in [0.29, 0.717) is 0 Å². The molecule has 0 heterocycles. The first-order chi connectivity index (χ1) is 9.10. The highest BCUT2D eigenvalue weighted by Crippen LogP contribution is 2.26. The zero-order chi connectivity index (χ0) is 13.8. The molecule has 19 heavy (non-hydrogen) atoms. The molecule has 100 valence electrons. The van der Waals surface area contributed by atoms with Crippen LogP contribution in [0, 0.1) is 13.8 Å². The fourth-order valence-corrected chi connectivity index (χ4v) is 2.72. The van der Waals surface area contributed by atoms with Crippen molar-refractivity contribution in [1.29, 1.82) is 0 Å². The molecule has 0 amide bonds. The first-order valence-corrected chi connectivity index (χ1v) is 6.97. The topological polar surface area (TPSA) is 12.0 Å². The first kappa shape index (κ1) is 14.1. The predicted octanol–water partition coefficient (Wildman–Crippen LogP) is 4.46. The monoisotopic (exact) mass is 273 g/mol. The number of benzene rings is 2. The summed E-state index contributed by atoms with van der Waals surface area (Å²) in [5.74, 6) is 0. The molecule has 0 saturated carbocycles. The molecule has 2 aromatic carbocycles. The quantitative estimate of drug-likeness (QED) is 0.867. The van der Waals surface area contributed by atoms with E-state index >= 15 is 0 Å². The number of rotatable bonds is 4. The van der Waals surface area contributed by atoms with Gasteiger partial charge in [0.15, 0.2) is 0 Å². The number of nitrogens with one attached hydrogen (secondary N) is 1. The van der Waals surface area contributed by atoms with Gasteiger partial charge in [0.25, 0.3) is 0 Å². The Balaban J connectivity index is 2.25. The van der Waals surface area contributed by atoms with Crippen LogP contribution in [0.4, 0.5) is 0 Å². The average Bonchev–Trinajstić information content (AvgIpc) is 2.37. The lowest BCUT2D eigenvalue weighted by molar-refractivity contribution is 0.592. The van der Waals surface area contributed by atoms with Crippen LogP contribution in [0.15, 0.2) is 42.5 Å². The third-order valence-electron chi connectivity index (χ3n) is 3.40. The minimum Gasteiger partial charge on any atom is -0.313 e. The number of likely N-dealkylation sites (N-methyl/N-ethyl adjacent to an activating group) is 1. The summed E-state index contributed by atoms with van der Waals surface area (Å²) in [4.78, 5) is 0. The maximum absolute atomic E-state index is 6.36. The lowest BCUT2D eigenvalue weighted by Gasteiger charge is -2.19. The maximum Gasteiger partial charge on any atom is 0.0456 e. The zero-order valence-electron chi connectivity index (χ0n) is 11.7. The first-order valence-electron chi connectivity index (χ1n) is 6.59. The lowest BCUT2D eigenvalue weighted by atomic mass is 9.97. The van der Waals surface area contributed by atoms with Gasteiger partial charge in [-0.3, -0.25) is 0 Å². The summed E-state index contributed by atoms with van der Waals surface area (Å²) in [7, 11) is 1.98. The third kappa shape index (κ3) is 3.59. The van der Waals surface area contributed by atoms with Gasteiger partial charge in [0, 0.05) is 11.1 Å². The minimum absolute atomic E-state index is 0.245. The second kappa shape index (κ2) is 6.23. The standard InChI is InChI=1S/C17H20ClN/c1-12-5-4-6-14(9-12)11-17(19-3)15-8-7-13(2)10-16(15)18/h4-10,17,19H,11H2,1-3H3. The van der Waals surface area contributed by atoms with Crippen molar-refractivity contribution in [2.75, 3.05) is 7.05 Å². The molecule has 0 aromatic heterocycles. The van der Waals surface area contributed by atoms with E-state index in [1.54, 1.807) is 0 Å². The molecule has 0 aliphatic rings. The van der Waals surface area contributed by atoms with Crippen LogP contribution >= 0.6 is 11.6 Å². The molecular weight excluding hydrogens is 254 g/mol. The van der Waals surface area contributed by atoms with Crippen LogP contribution in [-0.2, 0) is 6.42 Å². The molecule has 0 aliphatic heterocycles. The van der Waals surface area contributed by atoms with Gasteiger partial charge in [-0.25, -0.2) is 0 Å². The van der Waals surface area contributed by atoms with E-state index in [-0.39, 0.29) is 6.04 Å². The van der Waals surface area contributed by atoms with E-state index < -0.39 is 0 Å². The van der Waals surface area contributed by atoms with Crippen molar-refractivity contribution >= 4 is 11.6 Å². The van der Waals surface area contributed by atoms with Gasteiger partial charge in [-0.1, -0.05) is 53.6 Å². The molecule has 0 aliphatic carbocycles. The molecule has 0 spiro atoms. The summed E-state index contributed by atoms with van der Waals surface area (Å²) in [5, 5.41) is 4.20. The van der Waals surface area contributed by atoms with Crippen molar-refractivity contribution < 1.29 is 0 Å². The van der Waals surface area contributed by atoms with Gasteiger partial charge < -0.3 is 5.32 Å². The van der Waals surface area contributed by atoms with E-state index in [1.807, 2.05) is 13.1 Å². The molecule has 2 rings (SSSR count). The molecule has 1 atom stereocenters. The van der Waals surface area contributed by atoms with Crippen LogP contribution in [0.1, 0.15) is 28.3 Å². The number of hydrogen-bond donors (Lipinski definition) is 1. The van der Waals surface area contributed by atoms with Gasteiger partial charge in [0.1, 0.15) is 0 Å². The maximum atomic E-state index is 6.36. The SMILES string of the molecule is CNC(Cc1cccc(C)c1)c1ccc(C)cc1Cl. The van der Waals surface area contributed by atoms with Crippen LogP contribution in [0.25, 0.3) is 0 Å². The predicted molar refractivity (Wildman–Crippen MR) is 82.9 cm³/mol. The van der Waals surface area contributed by atoms with Gasteiger partial charge in [0.2, 0.25) is 0 Å². The smallest absolute Gasteiger partial charge is 0.0456 e. The Labute approximate surface area is 120 Å². The van der Waals surface area contributed by atoms with Gasteiger partial charge in [-0.15, -0.1) is 0 Å². The van der Waals surface area contributed by atoms with Gasteiger partial charge >= 0.3 is 0 Å². The molecule has 1 unspecified atom stereocenters. The summed E-state index contributed by atoms with van der Waals surface area (Å²) in [6, 6.07) is 15.1. The summed E-state index contributed by atoms with van der Waals surface area (Å²) in [6.07, 6.45) is 0.945. The highest BCUT2D eigenvalue weighted by atomic mass is 35.5. The van der Waals surface area contributed by atoms with Crippen molar-refractivity contribution in [2.24, 2.45) is 0 Å². The Kier molecular flexibility index (Phi) is 4.62. The van der Waals surface area contributed by atoms with Crippen LogP contribution in [0.2, 0.25) is 5.02 Å². The summed E-state index contributed by atoms with van der Waals surface area (Å²) in [5.41, 5.74) is 4.98. The van der Waals surface area contributed by atoms with E-state index in [9.17, 15) is 0 Å². The fraction of sp³-hybridized carbons (Fsp3) is 0.294. The average molecular weight is 274 g/mol. The Hall–Kier alpha value is -1.31. The number of halogens is 1. The third-order valence-corrected chi connectivity index (χ3v) is 3.73. The summed E-state index contributed by atoms with van der Waals surface area (Å²) < 4.78 is 0. The highest BCUT2D eigenvalue weighted by molar-refractivity contribution is 6.31. The molecule has 1 nitrogen and oxygen atoms in total. The Morgan fingerprint density at radius 3 is 2.42 bits per heavy atom. The van der Waals surface area contributed by atoms with Crippen molar-refractivity contribution in [3.8, 4) is 0 Å².